The van der Waals surface area contributed by atoms with E-state index in [0.717, 1.165) is 4.47 Å². The Kier molecular flexibility index (Phi) is 5.34. The summed E-state index contributed by atoms with van der Waals surface area (Å²) in [7, 11) is 0. The summed E-state index contributed by atoms with van der Waals surface area (Å²) in [6.07, 6.45) is 8.07. The van der Waals surface area contributed by atoms with Crippen LogP contribution in [-0.4, -0.2) is 5.78 Å². The first-order chi connectivity index (χ1) is 11.6. The van der Waals surface area contributed by atoms with Crippen LogP contribution in [0, 0.1) is 0 Å². The summed E-state index contributed by atoms with van der Waals surface area (Å²) >= 11 is 9.59. The van der Waals surface area contributed by atoms with Crippen LogP contribution in [0.4, 0.5) is 0 Å². The Hall–Kier alpha value is -2.10. The molecule has 120 valence electrons. The minimum atomic E-state index is -0.110. The summed E-state index contributed by atoms with van der Waals surface area (Å²) in [5.74, 6) is 1.20. The van der Waals surface area contributed by atoms with Crippen molar-refractivity contribution in [3.63, 3.8) is 0 Å². The number of carbonyl (C=O) groups is 1. The molecule has 0 atom stereocenters. The Labute approximate surface area is 154 Å². The number of Topliss-reactive ketones (excluding diaryl/α,β-unsaturated/α-hetero) is 1. The van der Waals surface area contributed by atoms with E-state index in [2.05, 4.69) is 15.9 Å². The number of ether oxygens (including phenoxy) is 1. The number of rotatable bonds is 4. The van der Waals surface area contributed by atoms with Crippen LogP contribution in [0.2, 0.25) is 0 Å². The molecule has 24 heavy (non-hydrogen) atoms. The quantitative estimate of drug-likeness (QED) is 0.552. The van der Waals surface area contributed by atoms with Gasteiger partial charge in [0.25, 0.3) is 0 Å². The number of ketones is 1. The summed E-state index contributed by atoms with van der Waals surface area (Å²) in [4.78, 5) is 12.7. The lowest BCUT2D eigenvalue weighted by atomic mass is 10.0. The number of benzene rings is 2. The zero-order valence-corrected chi connectivity index (χ0v) is 15.0. The molecule has 2 aromatic rings. The Balaban J connectivity index is 1.83. The molecule has 0 amide bonds. The Morgan fingerprint density at radius 3 is 2.67 bits per heavy atom. The largest absolute Gasteiger partial charge is 0.457 e. The van der Waals surface area contributed by atoms with Gasteiger partial charge in [-0.1, -0.05) is 57.9 Å². The second-order valence-corrected chi connectivity index (χ2v) is 6.53. The number of hydrogen-bond acceptors (Lipinski definition) is 2. The smallest absolute Gasteiger partial charge is 0.194 e. The average molecular weight is 402 g/mol. The summed E-state index contributed by atoms with van der Waals surface area (Å²) < 4.78 is 6.79. The van der Waals surface area contributed by atoms with Gasteiger partial charge in [-0.25, -0.2) is 0 Å². The molecule has 2 nitrogen and oxygen atoms in total. The van der Waals surface area contributed by atoms with E-state index >= 15 is 0 Å². The van der Waals surface area contributed by atoms with Gasteiger partial charge < -0.3 is 4.74 Å². The van der Waals surface area contributed by atoms with Crippen molar-refractivity contribution in [1.82, 2.24) is 0 Å². The average Bonchev–Trinajstić information content (AvgIpc) is 2.81. The fraction of sp³-hybridized carbons (Fsp3) is 0.0500. The van der Waals surface area contributed by atoms with Crippen molar-refractivity contribution >= 4 is 33.3 Å². The molecule has 1 aliphatic carbocycles. The SMILES string of the molecule is O=C(C1=CCC=CC=C1Cl)c1cccc(Oc2ccc(Br)cc2)c1. The first kappa shape index (κ1) is 16.7. The molecule has 2 aromatic carbocycles. The second kappa shape index (κ2) is 7.65. The van der Waals surface area contributed by atoms with E-state index in [4.69, 9.17) is 16.3 Å². The van der Waals surface area contributed by atoms with E-state index in [1.807, 2.05) is 48.6 Å². The molecule has 0 saturated heterocycles. The van der Waals surface area contributed by atoms with Crippen molar-refractivity contribution in [2.24, 2.45) is 0 Å². The summed E-state index contributed by atoms with van der Waals surface area (Å²) in [6, 6.07) is 14.6. The van der Waals surface area contributed by atoms with E-state index < -0.39 is 0 Å². The van der Waals surface area contributed by atoms with Gasteiger partial charge in [-0.3, -0.25) is 4.79 Å². The maximum atomic E-state index is 12.7. The van der Waals surface area contributed by atoms with E-state index in [9.17, 15) is 4.79 Å². The highest BCUT2D eigenvalue weighted by Crippen LogP contribution is 2.27. The van der Waals surface area contributed by atoms with E-state index in [-0.39, 0.29) is 5.78 Å². The van der Waals surface area contributed by atoms with Crippen molar-refractivity contribution in [2.75, 3.05) is 0 Å². The predicted molar refractivity (Wildman–Crippen MR) is 101 cm³/mol. The van der Waals surface area contributed by atoms with Crippen LogP contribution in [0.5, 0.6) is 11.5 Å². The highest BCUT2D eigenvalue weighted by Gasteiger charge is 2.16. The van der Waals surface area contributed by atoms with Crippen LogP contribution >= 0.6 is 27.5 Å². The zero-order chi connectivity index (χ0) is 16.9. The molecule has 0 spiro atoms. The van der Waals surface area contributed by atoms with Crippen molar-refractivity contribution in [2.45, 2.75) is 6.42 Å². The van der Waals surface area contributed by atoms with Gasteiger partial charge in [-0.15, -0.1) is 0 Å². The molecule has 1 aliphatic rings. The van der Waals surface area contributed by atoms with Crippen LogP contribution in [0.3, 0.4) is 0 Å². The molecule has 3 rings (SSSR count). The summed E-state index contributed by atoms with van der Waals surface area (Å²) in [5.41, 5.74) is 1.06. The first-order valence-electron chi connectivity index (χ1n) is 7.44. The predicted octanol–water partition coefficient (Wildman–Crippen LogP) is 6.43. The molecular weight excluding hydrogens is 388 g/mol. The summed E-state index contributed by atoms with van der Waals surface area (Å²) in [6.45, 7) is 0. The minimum absolute atomic E-state index is 0.110. The van der Waals surface area contributed by atoms with Crippen LogP contribution in [-0.2, 0) is 0 Å². The standard InChI is InChI=1S/C20H14BrClO2/c21-15-9-11-16(12-10-15)24-17-6-4-5-14(13-17)20(23)18-7-2-1-3-8-19(18)22/h1,3-13H,2H2. The molecule has 0 fully saturated rings. The van der Waals surface area contributed by atoms with Crippen LogP contribution in [0.15, 0.2) is 87.9 Å². The molecule has 0 radical (unpaired) electrons. The third kappa shape index (κ3) is 4.05. The fourth-order valence-electron chi connectivity index (χ4n) is 2.30. The zero-order valence-electron chi connectivity index (χ0n) is 12.7. The molecule has 0 heterocycles. The van der Waals surface area contributed by atoms with Crippen molar-refractivity contribution in [1.29, 1.82) is 0 Å². The molecule has 4 heteroatoms. The van der Waals surface area contributed by atoms with Gasteiger partial charge in [0.05, 0.1) is 5.03 Å². The fourth-order valence-corrected chi connectivity index (χ4v) is 2.80. The highest BCUT2D eigenvalue weighted by atomic mass is 79.9. The van der Waals surface area contributed by atoms with E-state index in [1.54, 1.807) is 24.3 Å². The van der Waals surface area contributed by atoms with Crippen molar-refractivity contribution in [3.8, 4) is 11.5 Å². The maximum absolute atomic E-state index is 12.7. The molecule has 0 N–H and O–H groups in total. The third-order valence-electron chi connectivity index (χ3n) is 3.48. The minimum Gasteiger partial charge on any atom is -0.457 e. The summed E-state index contributed by atoms with van der Waals surface area (Å²) in [5, 5.41) is 0.452. The Morgan fingerprint density at radius 1 is 1.08 bits per heavy atom. The molecular formula is C20H14BrClO2. The van der Waals surface area contributed by atoms with Crippen molar-refractivity contribution < 1.29 is 9.53 Å². The van der Waals surface area contributed by atoms with Gasteiger partial charge in [0, 0.05) is 15.6 Å². The lowest BCUT2D eigenvalue weighted by Gasteiger charge is -2.09. The normalized spacial score (nSPS) is 13.8. The van der Waals surface area contributed by atoms with Crippen LogP contribution in [0.25, 0.3) is 0 Å². The van der Waals surface area contributed by atoms with Crippen molar-refractivity contribution in [3.05, 3.63) is 93.5 Å². The molecule has 0 aliphatic heterocycles. The van der Waals surface area contributed by atoms with Gasteiger partial charge in [-0.05, 0) is 48.9 Å². The topological polar surface area (TPSA) is 26.3 Å². The lowest BCUT2D eigenvalue weighted by molar-refractivity contribution is 0.103. The van der Waals surface area contributed by atoms with Gasteiger partial charge in [0.2, 0.25) is 0 Å². The van der Waals surface area contributed by atoms with E-state index in [1.165, 1.54) is 0 Å². The molecule has 0 unspecified atom stereocenters. The number of allylic oxidation sites excluding steroid dienone is 6. The molecule has 0 aromatic heterocycles. The van der Waals surface area contributed by atoms with Crippen LogP contribution in [0.1, 0.15) is 16.8 Å². The maximum Gasteiger partial charge on any atom is 0.194 e. The monoisotopic (exact) mass is 400 g/mol. The number of carbonyl (C=O) groups excluding carboxylic acids is 1. The third-order valence-corrected chi connectivity index (χ3v) is 4.34. The van der Waals surface area contributed by atoms with Gasteiger partial charge >= 0.3 is 0 Å². The lowest BCUT2D eigenvalue weighted by Crippen LogP contribution is -2.04. The van der Waals surface area contributed by atoms with Crippen LogP contribution < -0.4 is 4.74 Å². The van der Waals surface area contributed by atoms with Gasteiger partial charge in [0.1, 0.15) is 11.5 Å². The Bertz CT molecular complexity index is 848. The first-order valence-corrected chi connectivity index (χ1v) is 8.61. The molecule has 0 bridgehead atoms. The van der Waals surface area contributed by atoms with Gasteiger partial charge in [-0.2, -0.15) is 0 Å². The number of halogens is 2. The van der Waals surface area contributed by atoms with Gasteiger partial charge in [0.15, 0.2) is 5.78 Å². The Morgan fingerprint density at radius 2 is 1.88 bits per heavy atom. The van der Waals surface area contributed by atoms with E-state index in [0.29, 0.717) is 34.1 Å². The second-order valence-electron chi connectivity index (χ2n) is 5.21. The highest BCUT2D eigenvalue weighted by molar-refractivity contribution is 9.10. The number of hydrogen-bond donors (Lipinski definition) is 0. The molecule has 0 saturated carbocycles.